The Kier molecular flexibility index (Phi) is 6.73. The standard InChI is InChI=1S/C20H16FN3O3S2/c21-14-5-1-12(2-6-14)17(25)11-29-20-24-16(10-28-20)9-18(26)23-15-7-3-13(4-8-15)19(22)27/h1-8,10H,9,11H2,(H2,22,27)(H,23,26). The maximum absolute atomic E-state index is 12.9. The molecule has 3 N–H and O–H groups in total. The number of benzene rings is 2. The lowest BCUT2D eigenvalue weighted by molar-refractivity contribution is -0.115. The fourth-order valence-electron chi connectivity index (χ4n) is 2.37. The minimum absolute atomic E-state index is 0.0839. The molecule has 0 fully saturated rings. The summed E-state index contributed by atoms with van der Waals surface area (Å²) in [7, 11) is 0. The zero-order chi connectivity index (χ0) is 20.8. The van der Waals surface area contributed by atoms with Crippen molar-refractivity contribution >= 4 is 46.4 Å². The third kappa shape index (κ3) is 5.97. The van der Waals surface area contributed by atoms with E-state index in [0.717, 1.165) is 0 Å². The van der Waals surface area contributed by atoms with Crippen molar-refractivity contribution in [2.45, 2.75) is 10.8 Å². The molecule has 0 saturated carbocycles. The van der Waals surface area contributed by atoms with E-state index < -0.39 is 5.91 Å². The molecule has 3 aromatic rings. The number of halogens is 1. The number of thiazole rings is 1. The van der Waals surface area contributed by atoms with Gasteiger partial charge in [-0.1, -0.05) is 11.8 Å². The summed E-state index contributed by atoms with van der Waals surface area (Å²) in [4.78, 5) is 39.7. The van der Waals surface area contributed by atoms with Gasteiger partial charge in [0.1, 0.15) is 5.82 Å². The summed E-state index contributed by atoms with van der Waals surface area (Å²) in [5, 5.41) is 4.49. The number of carbonyl (C=O) groups is 3. The predicted molar refractivity (Wildman–Crippen MR) is 111 cm³/mol. The minimum Gasteiger partial charge on any atom is -0.366 e. The van der Waals surface area contributed by atoms with Crippen LogP contribution in [0.5, 0.6) is 0 Å². The van der Waals surface area contributed by atoms with E-state index in [1.165, 1.54) is 59.5 Å². The smallest absolute Gasteiger partial charge is 0.248 e. The highest BCUT2D eigenvalue weighted by Gasteiger charge is 2.12. The maximum Gasteiger partial charge on any atom is 0.248 e. The normalized spacial score (nSPS) is 10.5. The number of carbonyl (C=O) groups excluding carboxylic acids is 3. The summed E-state index contributed by atoms with van der Waals surface area (Å²) in [6.45, 7) is 0. The molecule has 0 radical (unpaired) electrons. The van der Waals surface area contributed by atoms with Crippen LogP contribution in [0.4, 0.5) is 10.1 Å². The average Bonchev–Trinajstić information content (AvgIpc) is 3.14. The molecule has 0 unspecified atom stereocenters. The lowest BCUT2D eigenvalue weighted by atomic mass is 10.1. The van der Waals surface area contributed by atoms with Crippen molar-refractivity contribution in [2.75, 3.05) is 11.1 Å². The molecule has 2 aromatic carbocycles. The van der Waals surface area contributed by atoms with E-state index in [0.29, 0.717) is 26.8 Å². The quantitative estimate of drug-likeness (QED) is 0.421. The summed E-state index contributed by atoms with van der Waals surface area (Å²) in [6.07, 6.45) is 0.0839. The number of nitrogens with zero attached hydrogens (tertiary/aromatic N) is 1. The van der Waals surface area contributed by atoms with Crippen LogP contribution in [0.15, 0.2) is 58.3 Å². The number of Topliss-reactive ketones (excluding diaryl/α,β-unsaturated/α-hetero) is 1. The van der Waals surface area contributed by atoms with Crippen molar-refractivity contribution in [3.05, 3.63) is 76.5 Å². The van der Waals surface area contributed by atoms with Crippen LogP contribution in [0.3, 0.4) is 0 Å². The molecule has 0 aliphatic rings. The molecule has 0 bridgehead atoms. The number of primary amides is 1. The van der Waals surface area contributed by atoms with Crippen LogP contribution in [-0.2, 0) is 11.2 Å². The lowest BCUT2D eigenvalue weighted by Gasteiger charge is -2.04. The van der Waals surface area contributed by atoms with E-state index >= 15 is 0 Å². The van der Waals surface area contributed by atoms with Crippen LogP contribution in [0.25, 0.3) is 0 Å². The molecule has 6 nitrogen and oxygen atoms in total. The topological polar surface area (TPSA) is 102 Å². The first-order valence-electron chi connectivity index (χ1n) is 8.46. The SMILES string of the molecule is NC(=O)c1ccc(NC(=O)Cc2csc(SCC(=O)c3ccc(F)cc3)n2)cc1. The van der Waals surface area contributed by atoms with Gasteiger partial charge >= 0.3 is 0 Å². The minimum atomic E-state index is -0.534. The summed E-state index contributed by atoms with van der Waals surface area (Å²) in [5.41, 5.74) is 7.13. The predicted octanol–water partition coefficient (Wildman–Crippen LogP) is 3.54. The fraction of sp³-hybridized carbons (Fsp3) is 0.100. The summed E-state index contributed by atoms with van der Waals surface area (Å²) < 4.78 is 13.6. The van der Waals surface area contributed by atoms with Crippen molar-refractivity contribution in [1.82, 2.24) is 4.98 Å². The van der Waals surface area contributed by atoms with E-state index in [4.69, 9.17) is 5.73 Å². The van der Waals surface area contributed by atoms with Crippen molar-refractivity contribution in [1.29, 1.82) is 0 Å². The molecule has 0 atom stereocenters. The van der Waals surface area contributed by atoms with Crippen molar-refractivity contribution in [3.8, 4) is 0 Å². The molecule has 0 aliphatic carbocycles. The van der Waals surface area contributed by atoms with Crippen LogP contribution in [0.1, 0.15) is 26.4 Å². The Balaban J connectivity index is 1.50. The van der Waals surface area contributed by atoms with E-state index in [1.807, 2.05) is 0 Å². The highest BCUT2D eigenvalue weighted by Crippen LogP contribution is 2.24. The summed E-state index contributed by atoms with van der Waals surface area (Å²) in [6, 6.07) is 11.7. The summed E-state index contributed by atoms with van der Waals surface area (Å²) >= 11 is 2.62. The number of hydrogen-bond donors (Lipinski definition) is 2. The van der Waals surface area contributed by atoms with Crippen molar-refractivity contribution in [2.24, 2.45) is 5.73 Å². The first kappa shape index (κ1) is 20.7. The van der Waals surface area contributed by atoms with E-state index in [2.05, 4.69) is 10.3 Å². The third-order valence-corrected chi connectivity index (χ3v) is 5.89. The second-order valence-electron chi connectivity index (χ2n) is 5.99. The van der Waals surface area contributed by atoms with Gasteiger partial charge in [0, 0.05) is 22.2 Å². The average molecular weight is 429 g/mol. The molecule has 3 rings (SSSR count). The molecule has 9 heteroatoms. The molecule has 1 aromatic heterocycles. The van der Waals surface area contributed by atoms with Crippen LogP contribution in [0, 0.1) is 5.82 Å². The van der Waals surface area contributed by atoms with Crippen molar-refractivity contribution in [3.63, 3.8) is 0 Å². The van der Waals surface area contributed by atoms with Gasteiger partial charge in [-0.2, -0.15) is 0 Å². The second-order valence-corrected chi connectivity index (χ2v) is 8.07. The van der Waals surface area contributed by atoms with Gasteiger partial charge in [0.15, 0.2) is 10.1 Å². The Hall–Kier alpha value is -3.04. The highest BCUT2D eigenvalue weighted by atomic mass is 32.2. The number of nitrogens with two attached hydrogens (primary N) is 1. The van der Waals surface area contributed by atoms with Gasteiger partial charge in [-0.25, -0.2) is 9.37 Å². The molecule has 2 amide bonds. The van der Waals surface area contributed by atoms with E-state index in [-0.39, 0.29) is 29.7 Å². The zero-order valence-electron chi connectivity index (χ0n) is 15.1. The zero-order valence-corrected chi connectivity index (χ0v) is 16.7. The van der Waals surface area contributed by atoms with Gasteiger partial charge in [-0.3, -0.25) is 14.4 Å². The molecule has 1 heterocycles. The molecular formula is C20H16FN3O3S2. The van der Waals surface area contributed by atoms with Gasteiger partial charge in [-0.05, 0) is 48.5 Å². The molecule has 29 heavy (non-hydrogen) atoms. The first-order chi connectivity index (χ1) is 13.9. The lowest BCUT2D eigenvalue weighted by Crippen LogP contribution is -2.15. The Bertz CT molecular complexity index is 1030. The monoisotopic (exact) mass is 429 g/mol. The first-order valence-corrected chi connectivity index (χ1v) is 10.3. The van der Waals surface area contributed by atoms with Gasteiger partial charge in [0.05, 0.1) is 17.9 Å². The number of hydrogen-bond acceptors (Lipinski definition) is 6. The van der Waals surface area contributed by atoms with Crippen LogP contribution in [0.2, 0.25) is 0 Å². The molecule has 148 valence electrons. The van der Waals surface area contributed by atoms with Gasteiger partial charge in [-0.15, -0.1) is 11.3 Å². The Morgan fingerprint density at radius 2 is 1.69 bits per heavy atom. The number of amides is 2. The van der Waals surface area contributed by atoms with Gasteiger partial charge < -0.3 is 11.1 Å². The number of nitrogens with one attached hydrogen (secondary N) is 1. The Morgan fingerprint density at radius 3 is 2.34 bits per heavy atom. The van der Waals surface area contributed by atoms with E-state index in [9.17, 15) is 18.8 Å². The van der Waals surface area contributed by atoms with Crippen LogP contribution in [-0.4, -0.2) is 28.3 Å². The largest absolute Gasteiger partial charge is 0.366 e. The Morgan fingerprint density at radius 1 is 1.03 bits per heavy atom. The fourth-order valence-corrected chi connectivity index (χ4v) is 4.11. The van der Waals surface area contributed by atoms with Crippen LogP contribution >= 0.6 is 23.1 Å². The Labute approximate surface area is 174 Å². The molecular weight excluding hydrogens is 413 g/mol. The number of ketones is 1. The number of thioether (sulfide) groups is 1. The second kappa shape index (κ2) is 9.44. The van der Waals surface area contributed by atoms with Gasteiger partial charge in [0.2, 0.25) is 11.8 Å². The summed E-state index contributed by atoms with van der Waals surface area (Å²) in [5.74, 6) is -1.11. The number of anilines is 1. The number of aromatic nitrogens is 1. The maximum atomic E-state index is 12.9. The molecule has 0 aliphatic heterocycles. The number of rotatable bonds is 8. The van der Waals surface area contributed by atoms with Crippen LogP contribution < -0.4 is 11.1 Å². The molecule has 0 spiro atoms. The van der Waals surface area contributed by atoms with Gasteiger partial charge in [0.25, 0.3) is 0 Å². The van der Waals surface area contributed by atoms with E-state index in [1.54, 1.807) is 17.5 Å². The van der Waals surface area contributed by atoms with Crippen molar-refractivity contribution < 1.29 is 18.8 Å². The highest BCUT2D eigenvalue weighted by molar-refractivity contribution is 8.01. The third-order valence-electron chi connectivity index (χ3n) is 3.82. The molecule has 0 saturated heterocycles.